The first-order valence-corrected chi connectivity index (χ1v) is 7.55. The van der Waals surface area contributed by atoms with E-state index in [-0.39, 0.29) is 6.10 Å². The van der Waals surface area contributed by atoms with E-state index in [0.717, 1.165) is 18.4 Å². The van der Waals surface area contributed by atoms with Crippen LogP contribution in [0.2, 0.25) is 0 Å². The fraction of sp³-hybridized carbons (Fsp3) is 1.00. The van der Waals surface area contributed by atoms with E-state index in [4.69, 9.17) is 0 Å². The lowest BCUT2D eigenvalue weighted by molar-refractivity contribution is 0.106. The van der Waals surface area contributed by atoms with Gasteiger partial charge in [-0.25, -0.2) is 0 Å². The van der Waals surface area contributed by atoms with E-state index in [1.807, 2.05) is 0 Å². The number of nitrogens with zero attached hydrogens (tertiary/aromatic N) is 1. The van der Waals surface area contributed by atoms with Gasteiger partial charge < -0.3 is 10.0 Å². The highest BCUT2D eigenvalue weighted by Gasteiger charge is 2.27. The van der Waals surface area contributed by atoms with Crippen molar-refractivity contribution >= 4 is 0 Å². The molecule has 2 nitrogen and oxygen atoms in total. The molecule has 2 rings (SSSR count). The van der Waals surface area contributed by atoms with Crippen molar-refractivity contribution in [3.63, 3.8) is 0 Å². The van der Waals surface area contributed by atoms with Crippen LogP contribution in [-0.2, 0) is 0 Å². The van der Waals surface area contributed by atoms with Gasteiger partial charge in [-0.05, 0) is 57.5 Å². The van der Waals surface area contributed by atoms with Gasteiger partial charge in [0.25, 0.3) is 0 Å². The van der Waals surface area contributed by atoms with Gasteiger partial charge >= 0.3 is 0 Å². The molecular formula is C15H29NO. The Bertz CT molecular complexity index is 231. The van der Waals surface area contributed by atoms with Crippen molar-refractivity contribution in [1.82, 2.24) is 4.90 Å². The molecule has 4 unspecified atom stereocenters. The van der Waals surface area contributed by atoms with E-state index in [2.05, 4.69) is 18.9 Å². The van der Waals surface area contributed by atoms with Gasteiger partial charge in [-0.2, -0.15) is 0 Å². The molecule has 2 heteroatoms. The molecule has 0 heterocycles. The number of hydrogen-bond donors (Lipinski definition) is 1. The smallest absolute Gasteiger partial charge is 0.0568 e. The summed E-state index contributed by atoms with van der Waals surface area (Å²) in [5.74, 6) is 1.49. The number of hydrogen-bond acceptors (Lipinski definition) is 2. The summed E-state index contributed by atoms with van der Waals surface area (Å²) in [6.07, 6.45) is 10.3. The van der Waals surface area contributed by atoms with Crippen LogP contribution in [0.1, 0.15) is 58.3 Å². The van der Waals surface area contributed by atoms with Crippen molar-refractivity contribution in [3.05, 3.63) is 0 Å². The fourth-order valence-corrected chi connectivity index (χ4v) is 3.71. The second-order valence-corrected chi connectivity index (χ2v) is 6.45. The van der Waals surface area contributed by atoms with E-state index >= 15 is 0 Å². The van der Waals surface area contributed by atoms with Crippen molar-refractivity contribution < 1.29 is 5.11 Å². The molecule has 0 spiro atoms. The van der Waals surface area contributed by atoms with Crippen LogP contribution in [-0.4, -0.2) is 35.7 Å². The van der Waals surface area contributed by atoms with Gasteiger partial charge in [-0.3, -0.25) is 0 Å². The number of rotatable bonds is 4. The van der Waals surface area contributed by atoms with Crippen molar-refractivity contribution in [3.8, 4) is 0 Å². The Kier molecular flexibility index (Phi) is 4.87. The molecule has 0 amide bonds. The Hall–Kier alpha value is -0.0800. The molecule has 0 radical (unpaired) electrons. The summed E-state index contributed by atoms with van der Waals surface area (Å²) in [6.45, 7) is 3.57. The first-order chi connectivity index (χ1) is 8.16. The predicted octanol–water partition coefficient (Wildman–Crippen LogP) is 3.05. The van der Waals surface area contributed by atoms with Crippen LogP contribution in [0.3, 0.4) is 0 Å². The van der Waals surface area contributed by atoms with E-state index < -0.39 is 0 Å². The maximum atomic E-state index is 9.84. The first-order valence-electron chi connectivity index (χ1n) is 7.55. The summed E-state index contributed by atoms with van der Waals surface area (Å²) in [5.41, 5.74) is 0. The molecule has 0 saturated heterocycles. The standard InChI is InChI=1S/C15H29NO/c1-12-5-3-7-14(11-12)16(2)10-9-13-6-4-8-15(13)17/h12-15,17H,3-11H2,1-2H3. The van der Waals surface area contributed by atoms with Crippen molar-refractivity contribution in [2.45, 2.75) is 70.4 Å². The molecule has 0 aromatic rings. The van der Waals surface area contributed by atoms with E-state index in [9.17, 15) is 5.11 Å². The van der Waals surface area contributed by atoms with Crippen LogP contribution in [0, 0.1) is 11.8 Å². The minimum atomic E-state index is -0.00585. The lowest BCUT2D eigenvalue weighted by atomic mass is 9.86. The molecule has 0 bridgehead atoms. The summed E-state index contributed by atoms with van der Waals surface area (Å²) in [6, 6.07) is 0.803. The van der Waals surface area contributed by atoms with Crippen molar-refractivity contribution in [2.24, 2.45) is 11.8 Å². The summed E-state index contributed by atoms with van der Waals surface area (Å²) in [5, 5.41) is 9.84. The quantitative estimate of drug-likeness (QED) is 0.815. The Morgan fingerprint density at radius 1 is 1.12 bits per heavy atom. The van der Waals surface area contributed by atoms with Gasteiger partial charge in [0.15, 0.2) is 0 Å². The molecule has 0 aromatic carbocycles. The van der Waals surface area contributed by atoms with Gasteiger partial charge in [0.1, 0.15) is 0 Å². The number of aliphatic hydroxyl groups excluding tert-OH is 1. The van der Waals surface area contributed by atoms with Crippen molar-refractivity contribution in [2.75, 3.05) is 13.6 Å². The zero-order chi connectivity index (χ0) is 12.3. The van der Waals surface area contributed by atoms with Crippen LogP contribution in [0.25, 0.3) is 0 Å². The minimum Gasteiger partial charge on any atom is -0.393 e. The molecule has 2 aliphatic rings. The Labute approximate surface area is 106 Å². The van der Waals surface area contributed by atoms with Gasteiger partial charge in [0, 0.05) is 6.04 Å². The van der Waals surface area contributed by atoms with Gasteiger partial charge in [-0.15, -0.1) is 0 Å². The maximum Gasteiger partial charge on any atom is 0.0568 e. The molecule has 2 aliphatic carbocycles. The van der Waals surface area contributed by atoms with Crippen LogP contribution < -0.4 is 0 Å². The van der Waals surface area contributed by atoms with Gasteiger partial charge in [0.2, 0.25) is 0 Å². The average Bonchev–Trinajstić information content (AvgIpc) is 2.72. The molecule has 0 aromatic heterocycles. The summed E-state index contributed by atoms with van der Waals surface area (Å²) in [4.78, 5) is 2.56. The Balaban J connectivity index is 1.71. The zero-order valence-corrected chi connectivity index (χ0v) is 11.6. The monoisotopic (exact) mass is 239 g/mol. The Morgan fingerprint density at radius 2 is 1.88 bits per heavy atom. The first kappa shape index (κ1) is 13.4. The summed E-state index contributed by atoms with van der Waals surface area (Å²) >= 11 is 0. The second kappa shape index (κ2) is 6.19. The molecule has 1 N–H and O–H groups in total. The molecule has 2 fully saturated rings. The highest BCUT2D eigenvalue weighted by atomic mass is 16.3. The van der Waals surface area contributed by atoms with Crippen LogP contribution >= 0.6 is 0 Å². The molecule has 17 heavy (non-hydrogen) atoms. The highest BCUT2D eigenvalue weighted by Crippen LogP contribution is 2.30. The normalized spacial score (nSPS) is 38.8. The fourth-order valence-electron chi connectivity index (χ4n) is 3.71. The molecule has 4 atom stereocenters. The van der Waals surface area contributed by atoms with Gasteiger partial charge in [-0.1, -0.05) is 26.2 Å². The molecule has 2 saturated carbocycles. The second-order valence-electron chi connectivity index (χ2n) is 6.45. The topological polar surface area (TPSA) is 23.5 Å². The average molecular weight is 239 g/mol. The Morgan fingerprint density at radius 3 is 2.53 bits per heavy atom. The SMILES string of the molecule is CC1CCCC(N(C)CCC2CCCC2O)C1. The molecular weight excluding hydrogens is 210 g/mol. The third-order valence-electron chi connectivity index (χ3n) is 5.00. The van der Waals surface area contributed by atoms with E-state index in [1.54, 1.807) is 0 Å². The maximum absolute atomic E-state index is 9.84. The third kappa shape index (κ3) is 3.69. The summed E-state index contributed by atoms with van der Waals surface area (Å²) < 4.78 is 0. The van der Waals surface area contributed by atoms with Crippen LogP contribution in [0.5, 0.6) is 0 Å². The van der Waals surface area contributed by atoms with Gasteiger partial charge in [0.05, 0.1) is 6.10 Å². The highest BCUT2D eigenvalue weighted by molar-refractivity contribution is 4.80. The summed E-state index contributed by atoms with van der Waals surface area (Å²) in [7, 11) is 2.28. The zero-order valence-electron chi connectivity index (χ0n) is 11.6. The largest absolute Gasteiger partial charge is 0.393 e. The lowest BCUT2D eigenvalue weighted by Crippen LogP contribution is -2.37. The van der Waals surface area contributed by atoms with Crippen LogP contribution in [0.15, 0.2) is 0 Å². The molecule has 100 valence electrons. The van der Waals surface area contributed by atoms with E-state index in [1.165, 1.54) is 51.5 Å². The predicted molar refractivity (Wildman–Crippen MR) is 72.0 cm³/mol. The third-order valence-corrected chi connectivity index (χ3v) is 5.00. The van der Waals surface area contributed by atoms with Crippen molar-refractivity contribution in [1.29, 1.82) is 0 Å². The number of aliphatic hydroxyl groups is 1. The minimum absolute atomic E-state index is 0.00585. The molecule has 0 aliphatic heterocycles. The van der Waals surface area contributed by atoms with Crippen LogP contribution in [0.4, 0.5) is 0 Å². The van der Waals surface area contributed by atoms with E-state index in [0.29, 0.717) is 5.92 Å². The lowest BCUT2D eigenvalue weighted by Gasteiger charge is -2.34.